The highest BCUT2D eigenvalue weighted by atomic mass is 16.5. The Balaban J connectivity index is 1.76. The van der Waals surface area contributed by atoms with Gasteiger partial charge in [0.05, 0.1) is 7.11 Å². The Morgan fingerprint density at radius 2 is 2.26 bits per heavy atom. The predicted octanol–water partition coefficient (Wildman–Crippen LogP) is 1.14. The topological polar surface area (TPSA) is 77.2 Å². The second-order valence-corrected chi connectivity index (χ2v) is 3.90. The van der Waals surface area contributed by atoms with Crippen molar-refractivity contribution in [2.75, 3.05) is 12.4 Å². The molecule has 0 spiro atoms. The second kappa shape index (κ2) is 4.89. The van der Waals surface area contributed by atoms with E-state index in [4.69, 9.17) is 4.74 Å². The van der Waals surface area contributed by atoms with Crippen molar-refractivity contribution >= 4 is 11.5 Å². The van der Waals surface area contributed by atoms with Crippen LogP contribution in [-0.4, -0.2) is 31.7 Å². The SMILES string of the molecule is COc1ccc(CNc2nccn3cnnc23)cn1. The largest absolute Gasteiger partial charge is 0.481 e. The van der Waals surface area contributed by atoms with Crippen molar-refractivity contribution in [3.63, 3.8) is 0 Å². The Morgan fingerprint density at radius 3 is 3.05 bits per heavy atom. The lowest BCUT2D eigenvalue weighted by atomic mass is 10.3. The fraction of sp³-hybridized carbons (Fsp3) is 0.167. The van der Waals surface area contributed by atoms with E-state index in [-0.39, 0.29) is 0 Å². The van der Waals surface area contributed by atoms with E-state index < -0.39 is 0 Å². The minimum Gasteiger partial charge on any atom is -0.481 e. The molecule has 7 heteroatoms. The summed E-state index contributed by atoms with van der Waals surface area (Å²) in [4.78, 5) is 8.39. The van der Waals surface area contributed by atoms with Crippen LogP contribution in [0.1, 0.15) is 5.56 Å². The van der Waals surface area contributed by atoms with Gasteiger partial charge in [-0.3, -0.25) is 4.40 Å². The monoisotopic (exact) mass is 256 g/mol. The van der Waals surface area contributed by atoms with E-state index in [2.05, 4.69) is 25.5 Å². The lowest BCUT2D eigenvalue weighted by Crippen LogP contribution is -2.04. The number of nitrogens with zero attached hydrogens (tertiary/aromatic N) is 5. The molecule has 0 fully saturated rings. The zero-order valence-corrected chi connectivity index (χ0v) is 10.3. The minimum absolute atomic E-state index is 0.599. The van der Waals surface area contributed by atoms with Crippen LogP contribution in [0.5, 0.6) is 5.88 Å². The Labute approximate surface area is 109 Å². The number of fused-ring (bicyclic) bond motifs is 1. The first-order chi connectivity index (χ1) is 9.36. The molecular weight excluding hydrogens is 244 g/mol. The van der Waals surface area contributed by atoms with Crippen LogP contribution in [0.4, 0.5) is 5.82 Å². The molecule has 0 saturated carbocycles. The van der Waals surface area contributed by atoms with Gasteiger partial charge in [0.25, 0.3) is 0 Å². The van der Waals surface area contributed by atoms with Crippen LogP contribution < -0.4 is 10.1 Å². The molecule has 3 heterocycles. The van der Waals surface area contributed by atoms with Gasteiger partial charge >= 0.3 is 0 Å². The number of ether oxygens (including phenoxy) is 1. The molecular formula is C12H12N6O. The van der Waals surface area contributed by atoms with Gasteiger partial charge in [0.2, 0.25) is 11.5 Å². The van der Waals surface area contributed by atoms with Crippen LogP contribution in [0.15, 0.2) is 37.1 Å². The molecule has 0 bridgehead atoms. The molecule has 3 aromatic rings. The van der Waals surface area contributed by atoms with E-state index >= 15 is 0 Å². The van der Waals surface area contributed by atoms with E-state index in [1.165, 1.54) is 0 Å². The normalized spacial score (nSPS) is 10.6. The van der Waals surface area contributed by atoms with Crippen molar-refractivity contribution < 1.29 is 4.74 Å². The molecule has 0 unspecified atom stereocenters. The van der Waals surface area contributed by atoms with Crippen molar-refractivity contribution in [1.29, 1.82) is 0 Å². The Hall–Kier alpha value is -2.70. The van der Waals surface area contributed by atoms with Gasteiger partial charge in [-0.25, -0.2) is 9.97 Å². The first-order valence-electron chi connectivity index (χ1n) is 5.74. The molecule has 0 amide bonds. The first-order valence-corrected chi connectivity index (χ1v) is 5.74. The summed E-state index contributed by atoms with van der Waals surface area (Å²) in [5.41, 5.74) is 1.73. The van der Waals surface area contributed by atoms with Crippen LogP contribution in [-0.2, 0) is 6.54 Å². The molecule has 96 valence electrons. The molecule has 0 aliphatic rings. The van der Waals surface area contributed by atoms with Crippen molar-refractivity contribution in [3.05, 3.63) is 42.6 Å². The van der Waals surface area contributed by atoms with Crippen LogP contribution in [0, 0.1) is 0 Å². The average Bonchev–Trinajstić information content (AvgIpc) is 2.94. The summed E-state index contributed by atoms with van der Waals surface area (Å²) in [5.74, 6) is 1.29. The highest BCUT2D eigenvalue weighted by molar-refractivity contribution is 5.61. The van der Waals surface area contributed by atoms with Gasteiger partial charge in [-0.2, -0.15) is 0 Å². The van der Waals surface area contributed by atoms with E-state index in [1.54, 1.807) is 32.0 Å². The lowest BCUT2D eigenvalue weighted by molar-refractivity contribution is 0.397. The molecule has 0 radical (unpaired) electrons. The number of hydrogen-bond donors (Lipinski definition) is 1. The molecule has 0 saturated heterocycles. The van der Waals surface area contributed by atoms with E-state index in [0.717, 1.165) is 5.56 Å². The fourth-order valence-corrected chi connectivity index (χ4v) is 1.71. The smallest absolute Gasteiger partial charge is 0.212 e. The van der Waals surface area contributed by atoms with Crippen LogP contribution in [0.2, 0.25) is 0 Å². The summed E-state index contributed by atoms with van der Waals surface area (Å²) in [6.45, 7) is 0.608. The fourth-order valence-electron chi connectivity index (χ4n) is 1.71. The molecule has 3 aromatic heterocycles. The summed E-state index contributed by atoms with van der Waals surface area (Å²) in [6, 6.07) is 3.77. The maximum Gasteiger partial charge on any atom is 0.212 e. The first kappa shape index (κ1) is 11.4. The summed E-state index contributed by atoms with van der Waals surface area (Å²) in [6.07, 6.45) is 6.90. The highest BCUT2D eigenvalue weighted by Gasteiger charge is 2.04. The molecule has 1 N–H and O–H groups in total. The van der Waals surface area contributed by atoms with Crippen LogP contribution >= 0.6 is 0 Å². The zero-order chi connectivity index (χ0) is 13.1. The van der Waals surface area contributed by atoms with Gasteiger partial charge < -0.3 is 10.1 Å². The summed E-state index contributed by atoms with van der Waals surface area (Å²) < 4.78 is 6.82. The molecule has 0 atom stereocenters. The number of nitrogens with one attached hydrogen (secondary N) is 1. The van der Waals surface area contributed by atoms with Crippen molar-refractivity contribution in [1.82, 2.24) is 24.6 Å². The molecule has 0 aliphatic heterocycles. The maximum atomic E-state index is 5.01. The lowest BCUT2D eigenvalue weighted by Gasteiger charge is -2.06. The Bertz CT molecular complexity index is 678. The number of methoxy groups -OCH3 is 1. The number of rotatable bonds is 4. The Kier molecular flexibility index (Phi) is 2.93. The number of anilines is 1. The molecule has 0 aromatic carbocycles. The summed E-state index contributed by atoms with van der Waals surface area (Å²) in [7, 11) is 1.59. The molecule has 3 rings (SSSR count). The average molecular weight is 256 g/mol. The number of aromatic nitrogens is 5. The quantitative estimate of drug-likeness (QED) is 0.754. The van der Waals surface area contributed by atoms with Gasteiger partial charge in [0.1, 0.15) is 6.33 Å². The number of pyridine rings is 1. The van der Waals surface area contributed by atoms with Crippen molar-refractivity contribution in [3.8, 4) is 5.88 Å². The summed E-state index contributed by atoms with van der Waals surface area (Å²) in [5, 5.41) is 11.1. The van der Waals surface area contributed by atoms with Gasteiger partial charge in [-0.05, 0) is 5.56 Å². The standard InChI is InChI=1S/C12H12N6O/c1-19-10-3-2-9(6-14-10)7-15-11-12-17-16-8-18(12)5-4-13-11/h2-6,8H,7H2,1H3,(H,13,15). The zero-order valence-electron chi connectivity index (χ0n) is 10.3. The third kappa shape index (κ3) is 2.30. The van der Waals surface area contributed by atoms with Gasteiger partial charge in [0, 0.05) is 31.2 Å². The second-order valence-electron chi connectivity index (χ2n) is 3.90. The van der Waals surface area contributed by atoms with E-state index in [9.17, 15) is 0 Å². The van der Waals surface area contributed by atoms with Crippen molar-refractivity contribution in [2.24, 2.45) is 0 Å². The van der Waals surface area contributed by atoms with E-state index in [1.807, 2.05) is 16.5 Å². The Morgan fingerprint density at radius 1 is 1.32 bits per heavy atom. The maximum absolute atomic E-state index is 5.01. The van der Waals surface area contributed by atoms with Gasteiger partial charge in [-0.1, -0.05) is 6.07 Å². The van der Waals surface area contributed by atoms with Crippen LogP contribution in [0.25, 0.3) is 5.65 Å². The number of hydrogen-bond acceptors (Lipinski definition) is 6. The third-order valence-corrected chi connectivity index (χ3v) is 2.68. The van der Waals surface area contributed by atoms with E-state index in [0.29, 0.717) is 23.9 Å². The van der Waals surface area contributed by atoms with Crippen molar-refractivity contribution in [2.45, 2.75) is 6.54 Å². The molecule has 7 nitrogen and oxygen atoms in total. The third-order valence-electron chi connectivity index (χ3n) is 2.68. The summed E-state index contributed by atoms with van der Waals surface area (Å²) >= 11 is 0. The van der Waals surface area contributed by atoms with Gasteiger partial charge in [0.15, 0.2) is 5.82 Å². The predicted molar refractivity (Wildman–Crippen MR) is 68.9 cm³/mol. The minimum atomic E-state index is 0.599. The molecule has 19 heavy (non-hydrogen) atoms. The molecule has 0 aliphatic carbocycles. The van der Waals surface area contributed by atoms with Gasteiger partial charge in [-0.15, -0.1) is 10.2 Å². The highest BCUT2D eigenvalue weighted by Crippen LogP contribution is 2.12. The van der Waals surface area contributed by atoms with Crippen LogP contribution in [0.3, 0.4) is 0 Å².